The highest BCUT2D eigenvalue weighted by molar-refractivity contribution is 6.31. The van der Waals surface area contributed by atoms with E-state index < -0.39 is 48.3 Å². The molecular weight excluding hydrogens is 459 g/mol. The molecule has 32 heavy (non-hydrogen) atoms. The van der Waals surface area contributed by atoms with Crippen molar-refractivity contribution in [2.75, 3.05) is 12.0 Å². The number of alkyl halides is 4. The number of rotatable bonds is 4. The van der Waals surface area contributed by atoms with E-state index in [4.69, 9.17) is 17.3 Å². The Hall–Kier alpha value is -3.28. The molecule has 0 fully saturated rings. The Kier molecular flexibility index (Phi) is 5.49. The first-order valence-electron chi connectivity index (χ1n) is 9.09. The quantitative estimate of drug-likeness (QED) is 0.546. The van der Waals surface area contributed by atoms with Crippen molar-refractivity contribution in [3.63, 3.8) is 0 Å². The van der Waals surface area contributed by atoms with E-state index in [1.165, 1.54) is 18.6 Å². The summed E-state index contributed by atoms with van der Waals surface area (Å²) in [6.07, 6.45) is -5.65. The molecule has 1 aliphatic rings. The predicted octanol–water partition coefficient (Wildman–Crippen LogP) is 4.39. The number of hydrogen-bond acceptors (Lipinski definition) is 7. The molecule has 0 bridgehead atoms. The third kappa shape index (κ3) is 4.09. The number of amidine groups is 1. The van der Waals surface area contributed by atoms with Gasteiger partial charge in [0.05, 0.1) is 10.5 Å². The number of aromatic nitrogens is 3. The number of pyridine rings is 1. The van der Waals surface area contributed by atoms with Crippen molar-refractivity contribution in [2.24, 2.45) is 10.7 Å². The Morgan fingerprint density at radius 3 is 2.72 bits per heavy atom. The topological polar surface area (TPSA) is 98.3 Å². The molecule has 4 rings (SSSR count). The summed E-state index contributed by atoms with van der Waals surface area (Å²) < 4.78 is 73.1. The molecule has 1 aromatic carbocycles. The van der Waals surface area contributed by atoms with Crippen molar-refractivity contribution in [1.82, 2.24) is 15.0 Å². The van der Waals surface area contributed by atoms with Gasteiger partial charge in [-0.05, 0) is 24.3 Å². The summed E-state index contributed by atoms with van der Waals surface area (Å²) >= 11 is 5.91. The highest BCUT2D eigenvalue weighted by Gasteiger charge is 2.52. The number of nitrogens with zero attached hydrogens (tertiary/aromatic N) is 4. The second kappa shape index (κ2) is 8.01. The summed E-state index contributed by atoms with van der Waals surface area (Å²) in [4.78, 5) is 16.0. The van der Waals surface area contributed by atoms with Crippen LogP contribution in [0.3, 0.4) is 0 Å². The number of ether oxygens (including phenoxy) is 1. The van der Waals surface area contributed by atoms with E-state index in [1.54, 1.807) is 6.07 Å². The number of benzene rings is 1. The molecule has 2 atom stereocenters. The maximum atomic E-state index is 14.7. The van der Waals surface area contributed by atoms with Crippen molar-refractivity contribution < 1.29 is 26.7 Å². The number of hydrogen-bond donors (Lipinski definition) is 2. The lowest BCUT2D eigenvalue weighted by molar-refractivity contribution is -0.209. The molecule has 2 aromatic heterocycles. The first kappa shape index (κ1) is 21.9. The van der Waals surface area contributed by atoms with Crippen molar-refractivity contribution >= 4 is 40.2 Å². The molecular formula is C19H14ClF5N6O. The molecule has 0 saturated carbocycles. The van der Waals surface area contributed by atoms with Gasteiger partial charge in [-0.15, -0.1) is 0 Å². The highest BCUT2D eigenvalue weighted by atomic mass is 35.5. The zero-order valence-corrected chi connectivity index (χ0v) is 16.8. The zero-order valence-electron chi connectivity index (χ0n) is 16.0. The monoisotopic (exact) mass is 472 g/mol. The Balaban J connectivity index is 1.75. The number of fused-ring (bicyclic) bond motifs is 1. The lowest BCUT2D eigenvalue weighted by Crippen LogP contribution is -2.48. The van der Waals surface area contributed by atoms with Crippen molar-refractivity contribution in [2.45, 2.75) is 24.2 Å². The Labute approximate surface area is 182 Å². The molecule has 2 unspecified atom stereocenters. The molecule has 7 nitrogen and oxygen atoms in total. The van der Waals surface area contributed by atoms with Gasteiger partial charge in [0.2, 0.25) is 0 Å². The number of aliphatic imine (C=N–C) groups is 1. The molecule has 3 aromatic rings. The molecule has 0 spiro atoms. The van der Waals surface area contributed by atoms with Crippen LogP contribution in [0.25, 0.3) is 11.0 Å². The lowest BCUT2D eigenvalue weighted by Gasteiger charge is -2.36. The van der Waals surface area contributed by atoms with Gasteiger partial charge in [0.25, 0.3) is 6.02 Å². The number of nitrogens with two attached hydrogens (primary N) is 1. The average molecular weight is 473 g/mol. The van der Waals surface area contributed by atoms with Crippen LogP contribution < -0.4 is 11.1 Å². The second-order valence-electron chi connectivity index (χ2n) is 7.03. The summed E-state index contributed by atoms with van der Waals surface area (Å²) in [6, 6.07) is 4.11. The van der Waals surface area contributed by atoms with Gasteiger partial charge in [-0.1, -0.05) is 11.6 Å². The van der Waals surface area contributed by atoms with Crippen LogP contribution >= 0.6 is 11.6 Å². The van der Waals surface area contributed by atoms with Gasteiger partial charge in [-0.3, -0.25) is 0 Å². The standard InChI is InChI=1S/C19H14ClF5N6O/c20-9-3-13-15(27-6-9)16(29-8-28-13)30-10-1-2-12(22)11(4-10)18(7-21)5-14(19(23,24)25)32-17(26)31-18/h1-4,6,8,14H,5,7H2,(H2,26,31)(H,28,29,30). The van der Waals surface area contributed by atoms with Crippen molar-refractivity contribution in [1.29, 1.82) is 0 Å². The van der Waals surface area contributed by atoms with E-state index in [0.29, 0.717) is 16.1 Å². The van der Waals surface area contributed by atoms with Crippen LogP contribution in [-0.2, 0) is 10.3 Å². The van der Waals surface area contributed by atoms with E-state index in [9.17, 15) is 22.0 Å². The molecule has 3 heterocycles. The van der Waals surface area contributed by atoms with E-state index in [2.05, 4.69) is 30.0 Å². The molecule has 1 aliphatic heterocycles. The van der Waals surface area contributed by atoms with Crippen molar-refractivity contribution in [3.05, 3.63) is 53.2 Å². The van der Waals surface area contributed by atoms with Crippen LogP contribution in [0.1, 0.15) is 12.0 Å². The van der Waals surface area contributed by atoms with E-state index in [0.717, 1.165) is 12.1 Å². The number of anilines is 2. The van der Waals surface area contributed by atoms with E-state index in [1.807, 2.05) is 0 Å². The molecule has 0 radical (unpaired) electrons. The summed E-state index contributed by atoms with van der Waals surface area (Å²) in [5.74, 6) is -0.730. The first-order valence-corrected chi connectivity index (χ1v) is 9.47. The first-order chi connectivity index (χ1) is 15.1. The molecule has 13 heteroatoms. The Bertz CT molecular complexity index is 1210. The van der Waals surface area contributed by atoms with E-state index in [-0.39, 0.29) is 11.5 Å². The number of halogens is 6. The van der Waals surface area contributed by atoms with Gasteiger partial charge in [0.1, 0.15) is 29.9 Å². The van der Waals surface area contributed by atoms with E-state index >= 15 is 0 Å². The average Bonchev–Trinajstić information content (AvgIpc) is 2.74. The summed E-state index contributed by atoms with van der Waals surface area (Å²) in [6.45, 7) is -1.43. The fourth-order valence-corrected chi connectivity index (χ4v) is 3.55. The predicted molar refractivity (Wildman–Crippen MR) is 107 cm³/mol. The van der Waals surface area contributed by atoms with Gasteiger partial charge in [-0.2, -0.15) is 13.2 Å². The molecule has 168 valence electrons. The summed E-state index contributed by atoms with van der Waals surface area (Å²) in [5, 5.41) is 3.24. The van der Waals surface area contributed by atoms with Gasteiger partial charge >= 0.3 is 6.18 Å². The fourth-order valence-electron chi connectivity index (χ4n) is 3.39. The van der Waals surface area contributed by atoms with Gasteiger partial charge in [-0.25, -0.2) is 28.7 Å². The Morgan fingerprint density at radius 1 is 1.22 bits per heavy atom. The summed E-state index contributed by atoms with van der Waals surface area (Å²) in [7, 11) is 0. The maximum absolute atomic E-state index is 14.7. The van der Waals surface area contributed by atoms with Crippen LogP contribution in [0.2, 0.25) is 5.02 Å². The van der Waals surface area contributed by atoms with Crippen LogP contribution in [0.5, 0.6) is 0 Å². The largest absolute Gasteiger partial charge is 0.452 e. The minimum atomic E-state index is -4.85. The zero-order chi connectivity index (χ0) is 23.1. The normalized spacial score (nSPS) is 21.2. The smallest absolute Gasteiger partial charge is 0.425 e. The van der Waals surface area contributed by atoms with Crippen LogP contribution in [0.4, 0.5) is 33.5 Å². The lowest BCUT2D eigenvalue weighted by atomic mass is 9.84. The third-order valence-corrected chi connectivity index (χ3v) is 5.08. The van der Waals surface area contributed by atoms with Crippen molar-refractivity contribution in [3.8, 4) is 0 Å². The SMILES string of the molecule is NC1=NC(CF)(c2cc(Nc3ncnc4cc(Cl)cnc34)ccc2F)CC(C(F)(F)F)O1. The van der Waals surface area contributed by atoms with Crippen LogP contribution in [0, 0.1) is 5.82 Å². The van der Waals surface area contributed by atoms with Gasteiger partial charge in [0, 0.05) is 23.9 Å². The van der Waals surface area contributed by atoms with Gasteiger partial charge < -0.3 is 15.8 Å². The molecule has 0 amide bonds. The molecule has 0 saturated heterocycles. The minimum Gasteiger partial charge on any atom is -0.452 e. The van der Waals surface area contributed by atoms with Crippen LogP contribution in [0.15, 0.2) is 41.8 Å². The highest BCUT2D eigenvalue weighted by Crippen LogP contribution is 2.42. The fraction of sp³-hybridized carbons (Fsp3) is 0.263. The molecule has 0 aliphatic carbocycles. The minimum absolute atomic E-state index is 0.204. The maximum Gasteiger partial charge on any atom is 0.425 e. The second-order valence-corrected chi connectivity index (χ2v) is 7.47. The van der Waals surface area contributed by atoms with Gasteiger partial charge in [0.15, 0.2) is 11.9 Å². The number of nitrogens with one attached hydrogen (secondary N) is 1. The third-order valence-electron chi connectivity index (χ3n) is 4.87. The Morgan fingerprint density at radius 2 is 2.00 bits per heavy atom. The molecule has 3 N–H and O–H groups in total. The summed E-state index contributed by atoms with van der Waals surface area (Å²) in [5.41, 5.74) is 3.72. The van der Waals surface area contributed by atoms with Crippen LogP contribution in [-0.4, -0.2) is 39.9 Å².